The third-order valence-electron chi connectivity index (χ3n) is 13.2. The molecule has 2 aromatic carbocycles. The molecule has 0 aromatic heterocycles. The maximum atomic E-state index is 15.6. The molecule has 15 nitrogen and oxygen atoms in total. The van der Waals surface area contributed by atoms with Crippen LogP contribution in [-0.4, -0.2) is 105 Å². The van der Waals surface area contributed by atoms with Crippen molar-refractivity contribution in [2.24, 2.45) is 22.7 Å². The van der Waals surface area contributed by atoms with Gasteiger partial charge in [-0.25, -0.2) is 14.4 Å². The van der Waals surface area contributed by atoms with Crippen molar-refractivity contribution in [2.45, 2.75) is 135 Å². The average molecular weight is 848 g/mol. The van der Waals surface area contributed by atoms with Crippen molar-refractivity contribution < 1.29 is 67.8 Å². The summed E-state index contributed by atoms with van der Waals surface area (Å²) >= 11 is 0. The molecule has 1 amide bonds. The number of carbonyl (C=O) groups excluding carboxylic acids is 6. The minimum atomic E-state index is -2.32. The molecule has 15 heteroatoms. The number of hydrogen-bond acceptors (Lipinski definition) is 14. The standard InChI is InChI=1S/C46H57NO14/c1-24(48)20-29-33-25(2)30(58-40(54)35(51)34(27-16-12-10-13-17-27)47-41(55)61-42(4,5)6)22-46(56,43(33,7)8)38(59-39(53)28-18-14-11-15-19-28)36-44(9,37(29)52)31(50)21-32-45(36,23-57-32)60-26(3)49/h10-19,29-32,34-36,38,50-51,56H,20-23H2,1-9H3,(H,47,55)/t29-,30-,31+,32-,34+,35-,36-,38+,44-,45-,46-/m1/s1. The normalized spacial score (nSPS) is 32.6. The third kappa shape index (κ3) is 8.01. The van der Waals surface area contributed by atoms with Crippen LogP contribution >= 0.6 is 0 Å². The zero-order chi connectivity index (χ0) is 45.0. The van der Waals surface area contributed by atoms with E-state index in [-0.39, 0.29) is 36.2 Å². The highest BCUT2D eigenvalue weighted by Crippen LogP contribution is 2.65. The lowest BCUT2D eigenvalue weighted by atomic mass is 9.43. The fraction of sp³-hybridized carbons (Fsp3) is 0.565. The van der Waals surface area contributed by atoms with E-state index in [0.717, 1.165) is 0 Å². The lowest BCUT2D eigenvalue weighted by Crippen LogP contribution is -2.81. The molecule has 2 saturated carbocycles. The van der Waals surface area contributed by atoms with E-state index in [1.54, 1.807) is 90.1 Å². The Morgan fingerprint density at radius 1 is 0.951 bits per heavy atom. The number of aliphatic hydroxyl groups excluding tert-OH is 2. The summed E-state index contributed by atoms with van der Waals surface area (Å²) in [6.07, 6.45) is -9.68. The van der Waals surface area contributed by atoms with E-state index >= 15 is 4.79 Å². The third-order valence-corrected chi connectivity index (χ3v) is 13.2. The van der Waals surface area contributed by atoms with E-state index in [0.29, 0.717) is 5.56 Å². The van der Waals surface area contributed by atoms with Crippen LogP contribution in [0.25, 0.3) is 0 Å². The molecule has 11 atom stereocenters. The zero-order valence-electron chi connectivity index (χ0n) is 36.1. The van der Waals surface area contributed by atoms with Crippen molar-refractivity contribution in [3.8, 4) is 0 Å². The molecule has 0 spiro atoms. The molecule has 3 fully saturated rings. The SMILES string of the molecule is CC(=O)C[C@H]1C(=O)[C@]2(C)[C@@H](O)C[C@H]3OC[C@]3(OC(C)=O)[C@@H]2[C@H](OC(=O)c2ccccc2)[C@]2(O)C[C@@H](OC(=O)[C@H](O)[C@@H](NC(=O)OC(C)(C)C)c3ccccc3)C(C)=C1C2(C)C. The summed E-state index contributed by atoms with van der Waals surface area (Å²) in [5, 5.41) is 40.0. The maximum Gasteiger partial charge on any atom is 0.408 e. The Morgan fingerprint density at radius 3 is 2.10 bits per heavy atom. The zero-order valence-corrected chi connectivity index (χ0v) is 36.1. The van der Waals surface area contributed by atoms with Crippen LogP contribution in [0.2, 0.25) is 0 Å². The molecule has 4 N–H and O–H groups in total. The van der Waals surface area contributed by atoms with Crippen LogP contribution in [0.4, 0.5) is 4.79 Å². The first kappa shape index (κ1) is 45.6. The second kappa shape index (κ2) is 16.4. The lowest BCUT2D eigenvalue weighted by molar-refractivity contribution is -0.345. The Hall–Kier alpha value is -4.96. The molecule has 61 heavy (non-hydrogen) atoms. The minimum absolute atomic E-state index is 0.0889. The van der Waals surface area contributed by atoms with Gasteiger partial charge in [0, 0.05) is 37.5 Å². The van der Waals surface area contributed by atoms with Gasteiger partial charge >= 0.3 is 24.0 Å². The van der Waals surface area contributed by atoms with Crippen molar-refractivity contribution in [2.75, 3.05) is 6.61 Å². The molecule has 1 aliphatic heterocycles. The van der Waals surface area contributed by atoms with Gasteiger partial charge in [0.15, 0.2) is 11.7 Å². The van der Waals surface area contributed by atoms with Gasteiger partial charge in [0.25, 0.3) is 0 Å². The number of rotatable bonds is 10. The number of alkyl carbamates (subject to hydrolysis) is 1. The first-order valence-electron chi connectivity index (χ1n) is 20.5. The number of hydrogen-bond donors (Lipinski definition) is 4. The number of amides is 1. The Labute approximate surface area is 355 Å². The number of esters is 3. The summed E-state index contributed by atoms with van der Waals surface area (Å²) in [6.45, 7) is 13.5. The summed E-state index contributed by atoms with van der Waals surface area (Å²) in [5.41, 5.74) is -7.51. The highest BCUT2D eigenvalue weighted by molar-refractivity contribution is 5.95. The van der Waals surface area contributed by atoms with Gasteiger partial charge in [-0.05, 0) is 70.4 Å². The maximum absolute atomic E-state index is 15.6. The van der Waals surface area contributed by atoms with E-state index in [4.69, 9.17) is 23.7 Å². The summed E-state index contributed by atoms with van der Waals surface area (Å²) in [5.74, 6) is -6.72. The van der Waals surface area contributed by atoms with Gasteiger partial charge in [0.05, 0.1) is 35.6 Å². The molecule has 2 aromatic rings. The molecular formula is C46H57NO14. The van der Waals surface area contributed by atoms with Gasteiger partial charge in [-0.1, -0.05) is 62.4 Å². The van der Waals surface area contributed by atoms with Gasteiger partial charge in [0.2, 0.25) is 0 Å². The van der Waals surface area contributed by atoms with E-state index in [2.05, 4.69) is 5.32 Å². The molecule has 6 rings (SSSR count). The minimum Gasteiger partial charge on any atom is -0.456 e. The summed E-state index contributed by atoms with van der Waals surface area (Å²) in [4.78, 5) is 83.3. The van der Waals surface area contributed by atoms with Gasteiger partial charge < -0.3 is 44.3 Å². The quantitative estimate of drug-likeness (QED) is 0.147. The largest absolute Gasteiger partial charge is 0.456 e. The van der Waals surface area contributed by atoms with Crippen LogP contribution in [0.5, 0.6) is 0 Å². The van der Waals surface area contributed by atoms with Crippen LogP contribution in [0.15, 0.2) is 71.8 Å². The number of aliphatic hydroxyl groups is 3. The molecule has 0 radical (unpaired) electrons. The van der Waals surface area contributed by atoms with E-state index in [1.807, 2.05) is 0 Å². The number of benzene rings is 2. The Morgan fingerprint density at radius 2 is 1.56 bits per heavy atom. The van der Waals surface area contributed by atoms with Crippen molar-refractivity contribution >= 4 is 35.6 Å². The predicted octanol–water partition coefficient (Wildman–Crippen LogP) is 4.49. The monoisotopic (exact) mass is 847 g/mol. The van der Waals surface area contributed by atoms with Gasteiger partial charge in [0.1, 0.15) is 41.1 Å². The van der Waals surface area contributed by atoms with Crippen LogP contribution in [-0.2, 0) is 42.9 Å². The second-order valence-electron chi connectivity index (χ2n) is 18.6. The topological polar surface area (TPSA) is 221 Å². The highest BCUT2D eigenvalue weighted by Gasteiger charge is 2.78. The molecule has 1 saturated heterocycles. The first-order valence-corrected chi connectivity index (χ1v) is 20.5. The van der Waals surface area contributed by atoms with Crippen LogP contribution in [0, 0.1) is 22.7 Å². The van der Waals surface area contributed by atoms with Gasteiger partial charge in [-0.2, -0.15) is 0 Å². The molecule has 2 bridgehead atoms. The molecule has 4 aliphatic rings. The van der Waals surface area contributed by atoms with Crippen LogP contribution in [0.3, 0.4) is 0 Å². The summed E-state index contributed by atoms with van der Waals surface area (Å²) < 4.78 is 29.9. The Bertz CT molecular complexity index is 2090. The van der Waals surface area contributed by atoms with Gasteiger partial charge in [-0.15, -0.1) is 0 Å². The smallest absolute Gasteiger partial charge is 0.408 e. The first-order chi connectivity index (χ1) is 28.4. The van der Waals surface area contributed by atoms with Crippen molar-refractivity contribution in [3.05, 3.63) is 82.9 Å². The van der Waals surface area contributed by atoms with Crippen molar-refractivity contribution in [1.82, 2.24) is 5.32 Å². The van der Waals surface area contributed by atoms with Crippen molar-refractivity contribution in [3.63, 3.8) is 0 Å². The predicted molar refractivity (Wildman–Crippen MR) is 216 cm³/mol. The number of nitrogens with one attached hydrogen (secondary N) is 1. The van der Waals surface area contributed by atoms with E-state index in [9.17, 15) is 39.3 Å². The highest BCUT2D eigenvalue weighted by atomic mass is 16.6. The summed E-state index contributed by atoms with van der Waals surface area (Å²) in [7, 11) is 0. The summed E-state index contributed by atoms with van der Waals surface area (Å²) in [6, 6.07) is 14.7. The number of Topliss-reactive ketones (excluding diaryl/α,β-unsaturated/α-hetero) is 2. The van der Waals surface area contributed by atoms with E-state index in [1.165, 1.54) is 32.9 Å². The Kier molecular flexibility index (Phi) is 12.2. The fourth-order valence-electron chi connectivity index (χ4n) is 10.3. The number of fused-ring (bicyclic) bond motifs is 5. The second-order valence-corrected chi connectivity index (χ2v) is 18.6. The molecule has 0 unspecified atom stereocenters. The fourth-order valence-corrected chi connectivity index (χ4v) is 10.3. The van der Waals surface area contributed by atoms with E-state index < -0.39 is 118 Å². The molecule has 1 heterocycles. The van der Waals surface area contributed by atoms with Crippen molar-refractivity contribution in [1.29, 1.82) is 0 Å². The molecular weight excluding hydrogens is 790 g/mol. The number of ether oxygens (including phenoxy) is 5. The van der Waals surface area contributed by atoms with Gasteiger partial charge in [-0.3, -0.25) is 14.4 Å². The molecule has 330 valence electrons. The number of carbonyl (C=O) groups is 6. The number of ketones is 2. The van der Waals surface area contributed by atoms with Crippen LogP contribution in [0.1, 0.15) is 104 Å². The van der Waals surface area contributed by atoms with Crippen LogP contribution < -0.4 is 5.32 Å². The lowest BCUT2D eigenvalue weighted by Gasteiger charge is -2.67. The molecule has 3 aliphatic carbocycles. The average Bonchev–Trinajstić information content (AvgIpc) is 3.17. The Balaban J connectivity index is 1.54.